The van der Waals surface area contributed by atoms with Gasteiger partial charge in [0.15, 0.2) is 0 Å². The molecule has 2 N–H and O–H groups in total. The van der Waals surface area contributed by atoms with E-state index in [0.29, 0.717) is 34.2 Å². The van der Waals surface area contributed by atoms with Gasteiger partial charge >= 0.3 is 6.03 Å². The van der Waals surface area contributed by atoms with E-state index in [4.69, 9.17) is 0 Å². The molecule has 1 aromatic carbocycles. The minimum Gasteiger partial charge on any atom is -0.347 e. The molecule has 2 aromatic heterocycles. The molecular formula is C24H23N5O3S. The molecule has 1 atom stereocenters. The molecule has 5 rings (SSSR count). The summed E-state index contributed by atoms with van der Waals surface area (Å²) in [5.74, 6) is -0.412. The first-order chi connectivity index (χ1) is 16.0. The first-order valence-electron chi connectivity index (χ1n) is 10.8. The zero-order valence-electron chi connectivity index (χ0n) is 18.1. The summed E-state index contributed by atoms with van der Waals surface area (Å²) in [4.78, 5) is 47.3. The summed E-state index contributed by atoms with van der Waals surface area (Å²) in [6.45, 7) is 6.59. The lowest BCUT2D eigenvalue weighted by Crippen LogP contribution is -2.49. The van der Waals surface area contributed by atoms with Crippen LogP contribution in [-0.4, -0.2) is 46.9 Å². The Labute approximate surface area is 194 Å². The van der Waals surface area contributed by atoms with Crippen LogP contribution in [0, 0.1) is 6.92 Å². The van der Waals surface area contributed by atoms with Gasteiger partial charge in [-0.25, -0.2) is 9.78 Å². The van der Waals surface area contributed by atoms with Crippen molar-refractivity contribution in [3.63, 3.8) is 0 Å². The smallest absolute Gasteiger partial charge is 0.331 e. The van der Waals surface area contributed by atoms with Crippen LogP contribution in [0.15, 0.2) is 49.2 Å². The maximum atomic E-state index is 13.2. The van der Waals surface area contributed by atoms with Gasteiger partial charge in [-0.15, -0.1) is 11.3 Å². The lowest BCUT2D eigenvalue weighted by atomic mass is 10.1. The number of likely N-dealkylation sites (tertiary alicyclic amines) is 1. The van der Waals surface area contributed by atoms with Gasteiger partial charge in [-0.3, -0.25) is 14.5 Å². The molecule has 0 saturated carbocycles. The number of para-hydroxylation sites is 1. The molecule has 0 radical (unpaired) electrons. The zero-order chi connectivity index (χ0) is 23.1. The van der Waals surface area contributed by atoms with E-state index in [0.717, 1.165) is 29.5 Å². The first-order valence-corrected chi connectivity index (χ1v) is 11.6. The largest absolute Gasteiger partial charge is 0.347 e. The number of aromatic nitrogens is 1. The van der Waals surface area contributed by atoms with Gasteiger partial charge in [0.05, 0.1) is 22.4 Å². The lowest BCUT2D eigenvalue weighted by Gasteiger charge is -2.32. The van der Waals surface area contributed by atoms with Crippen LogP contribution in [0.2, 0.25) is 0 Å². The molecule has 8 nitrogen and oxygen atoms in total. The van der Waals surface area contributed by atoms with Crippen molar-refractivity contribution in [1.82, 2.24) is 15.2 Å². The molecule has 1 saturated heterocycles. The molecule has 168 valence electrons. The van der Waals surface area contributed by atoms with Crippen LogP contribution < -0.4 is 15.5 Å². The summed E-state index contributed by atoms with van der Waals surface area (Å²) >= 11 is 1.25. The number of urea groups is 1. The third kappa shape index (κ3) is 3.64. The average molecular weight is 462 g/mol. The fourth-order valence-corrected chi connectivity index (χ4v) is 5.50. The Morgan fingerprint density at radius 2 is 2.09 bits per heavy atom. The number of rotatable bonds is 4. The number of hydrogen-bond acceptors (Lipinski definition) is 5. The summed E-state index contributed by atoms with van der Waals surface area (Å²) in [6.07, 6.45) is 4.54. The standard InChI is InChI=1S/C24H23N5O3S/c1-3-18(30)28-12-6-8-15(13-28)26-22(31)21-20-19-17(10-11-25-23(19)33-21)29(24(32)27-20)16-9-5-4-7-14(16)2/h3-5,7,9-11,15H,1,6,8,12-13H2,2H3,(H,26,31)(H,27,32). The Hall–Kier alpha value is -3.72. The molecule has 2 aliphatic rings. The van der Waals surface area contributed by atoms with Crippen molar-refractivity contribution in [2.75, 3.05) is 23.3 Å². The highest BCUT2D eigenvalue weighted by atomic mass is 32.1. The SMILES string of the molecule is C=CC(=O)N1CCCC(NC(=O)c2sc3nccc4c3c2NC(=O)N4c2ccccc2C)C1. The van der Waals surface area contributed by atoms with Crippen molar-refractivity contribution in [3.8, 4) is 0 Å². The summed E-state index contributed by atoms with van der Waals surface area (Å²) in [5.41, 5.74) is 2.92. The minimum atomic E-state index is -0.322. The van der Waals surface area contributed by atoms with Gasteiger partial charge in [0.25, 0.3) is 5.91 Å². The van der Waals surface area contributed by atoms with Crippen LogP contribution in [0.25, 0.3) is 10.2 Å². The fourth-order valence-electron chi connectivity index (χ4n) is 4.47. The Balaban J connectivity index is 1.49. The van der Waals surface area contributed by atoms with Gasteiger partial charge in [0, 0.05) is 25.3 Å². The van der Waals surface area contributed by atoms with E-state index in [1.165, 1.54) is 17.4 Å². The van der Waals surface area contributed by atoms with Crippen LogP contribution in [0.4, 0.5) is 21.9 Å². The van der Waals surface area contributed by atoms with E-state index in [1.807, 2.05) is 31.2 Å². The van der Waals surface area contributed by atoms with Crippen molar-refractivity contribution in [3.05, 3.63) is 59.6 Å². The van der Waals surface area contributed by atoms with E-state index >= 15 is 0 Å². The van der Waals surface area contributed by atoms with Gasteiger partial charge < -0.3 is 15.5 Å². The molecular weight excluding hydrogens is 438 g/mol. The van der Waals surface area contributed by atoms with E-state index in [1.54, 1.807) is 22.1 Å². The number of carbonyl (C=O) groups is 3. The normalized spacial score (nSPS) is 17.6. The van der Waals surface area contributed by atoms with Crippen molar-refractivity contribution < 1.29 is 14.4 Å². The molecule has 1 fully saturated rings. The zero-order valence-corrected chi connectivity index (χ0v) is 18.9. The molecule has 3 aromatic rings. The van der Waals surface area contributed by atoms with Crippen molar-refractivity contribution in [1.29, 1.82) is 0 Å². The molecule has 1 unspecified atom stereocenters. The van der Waals surface area contributed by atoms with E-state index in [-0.39, 0.29) is 23.9 Å². The monoisotopic (exact) mass is 461 g/mol. The van der Waals surface area contributed by atoms with Crippen molar-refractivity contribution >= 4 is 56.5 Å². The van der Waals surface area contributed by atoms with Gasteiger partial charge in [0.1, 0.15) is 9.71 Å². The van der Waals surface area contributed by atoms with Gasteiger partial charge in [-0.2, -0.15) is 0 Å². The van der Waals surface area contributed by atoms with Crippen LogP contribution in [-0.2, 0) is 4.79 Å². The molecule has 33 heavy (non-hydrogen) atoms. The number of hydrogen-bond donors (Lipinski definition) is 2. The molecule has 2 aliphatic heterocycles. The highest BCUT2D eigenvalue weighted by Crippen LogP contribution is 2.46. The molecule has 0 bridgehead atoms. The number of pyridine rings is 1. The Bertz CT molecular complexity index is 1300. The van der Waals surface area contributed by atoms with E-state index in [9.17, 15) is 14.4 Å². The average Bonchev–Trinajstić information content (AvgIpc) is 3.19. The molecule has 0 spiro atoms. The Morgan fingerprint density at radius 3 is 2.88 bits per heavy atom. The quantitative estimate of drug-likeness (QED) is 0.570. The minimum absolute atomic E-state index is 0.136. The van der Waals surface area contributed by atoms with E-state index < -0.39 is 0 Å². The number of aryl methyl sites for hydroxylation is 1. The van der Waals surface area contributed by atoms with Gasteiger partial charge in [-0.1, -0.05) is 24.8 Å². The summed E-state index contributed by atoms with van der Waals surface area (Å²) in [7, 11) is 0. The van der Waals surface area contributed by atoms with Crippen molar-refractivity contribution in [2.45, 2.75) is 25.8 Å². The summed E-state index contributed by atoms with van der Waals surface area (Å²) in [5, 5.41) is 6.71. The predicted octanol–water partition coefficient (Wildman–Crippen LogP) is 4.20. The number of piperidine rings is 1. The maximum Gasteiger partial charge on any atom is 0.331 e. The van der Waals surface area contributed by atoms with Crippen LogP contribution in [0.5, 0.6) is 0 Å². The molecule has 0 aliphatic carbocycles. The number of anilines is 3. The molecule has 4 heterocycles. The van der Waals surface area contributed by atoms with Crippen molar-refractivity contribution in [2.24, 2.45) is 0 Å². The lowest BCUT2D eigenvalue weighted by molar-refractivity contribution is -0.127. The number of amides is 4. The van der Waals surface area contributed by atoms with Crippen LogP contribution in [0.1, 0.15) is 28.1 Å². The maximum absolute atomic E-state index is 13.2. The Morgan fingerprint density at radius 1 is 1.27 bits per heavy atom. The molecule has 4 amide bonds. The van der Waals surface area contributed by atoms with Gasteiger partial charge in [-0.05, 0) is 43.5 Å². The number of nitrogens with one attached hydrogen (secondary N) is 2. The fraction of sp³-hybridized carbons (Fsp3) is 0.250. The summed E-state index contributed by atoms with van der Waals surface area (Å²) in [6, 6.07) is 8.97. The summed E-state index contributed by atoms with van der Waals surface area (Å²) < 4.78 is 0. The highest BCUT2D eigenvalue weighted by Gasteiger charge is 2.34. The third-order valence-electron chi connectivity index (χ3n) is 6.05. The van der Waals surface area contributed by atoms with Crippen LogP contribution in [0.3, 0.4) is 0 Å². The van der Waals surface area contributed by atoms with Gasteiger partial charge in [0.2, 0.25) is 5.91 Å². The van der Waals surface area contributed by atoms with Crippen LogP contribution >= 0.6 is 11.3 Å². The van der Waals surface area contributed by atoms with E-state index in [2.05, 4.69) is 22.2 Å². The highest BCUT2D eigenvalue weighted by molar-refractivity contribution is 7.21. The number of benzene rings is 1. The first kappa shape index (κ1) is 21.1. The second-order valence-electron chi connectivity index (χ2n) is 8.17. The second-order valence-corrected chi connectivity index (χ2v) is 9.17. The molecule has 9 heteroatoms. The number of nitrogens with zero attached hydrogens (tertiary/aromatic N) is 3. The topological polar surface area (TPSA) is 94.6 Å². The number of carbonyl (C=O) groups excluding carboxylic acids is 3. The third-order valence-corrected chi connectivity index (χ3v) is 7.15. The number of thiophene rings is 1. The Kier molecular flexibility index (Phi) is 5.33. The predicted molar refractivity (Wildman–Crippen MR) is 129 cm³/mol. The second kappa shape index (κ2) is 8.32.